The van der Waals surface area contributed by atoms with Crippen LogP contribution in [0.25, 0.3) is 0 Å². The molecule has 1 aliphatic rings. The van der Waals surface area contributed by atoms with Gasteiger partial charge in [-0.05, 0) is 43.9 Å². The molecule has 0 amide bonds. The first-order chi connectivity index (χ1) is 8.47. The zero-order chi connectivity index (χ0) is 13.2. The summed E-state index contributed by atoms with van der Waals surface area (Å²) in [7, 11) is -3.40. The summed E-state index contributed by atoms with van der Waals surface area (Å²) < 4.78 is 27.1. The van der Waals surface area contributed by atoms with Crippen LogP contribution in [0.2, 0.25) is 0 Å². The van der Waals surface area contributed by atoms with Crippen LogP contribution in [0.5, 0.6) is 0 Å². The number of hydrogen-bond acceptors (Lipinski definition) is 2. The normalized spacial score (nSPS) is 20.3. The maximum Gasteiger partial charge on any atom is 0.257 e. The summed E-state index contributed by atoms with van der Waals surface area (Å²) in [5.74, 6) is 0. The summed E-state index contributed by atoms with van der Waals surface area (Å²) in [6.07, 6.45) is 4.30. The van der Waals surface area contributed by atoms with Gasteiger partial charge < -0.3 is 0 Å². The van der Waals surface area contributed by atoms with Gasteiger partial charge in [0.1, 0.15) is 0 Å². The Morgan fingerprint density at radius 3 is 2.83 bits per heavy atom. The van der Waals surface area contributed by atoms with Crippen LogP contribution < -0.4 is 4.72 Å². The van der Waals surface area contributed by atoms with Gasteiger partial charge in [0, 0.05) is 10.5 Å². The van der Waals surface area contributed by atoms with Crippen molar-refractivity contribution in [3.8, 4) is 0 Å². The summed E-state index contributed by atoms with van der Waals surface area (Å²) in [5.41, 5.74) is 1.65. The van der Waals surface area contributed by atoms with Gasteiger partial charge in [0.15, 0.2) is 0 Å². The first-order valence-electron chi connectivity index (χ1n) is 5.91. The zero-order valence-corrected chi connectivity index (χ0v) is 12.6. The molecule has 18 heavy (non-hydrogen) atoms. The number of benzene rings is 1. The molecule has 1 aliphatic carbocycles. The first-order valence-corrected chi connectivity index (χ1v) is 8.31. The lowest BCUT2D eigenvalue weighted by molar-refractivity contribution is 0.601. The lowest BCUT2D eigenvalue weighted by Gasteiger charge is -2.17. The van der Waals surface area contributed by atoms with Crippen LogP contribution >= 0.6 is 15.9 Å². The molecule has 0 spiro atoms. The summed E-state index contributed by atoms with van der Waals surface area (Å²) in [6, 6.07) is 7.37. The average Bonchev–Trinajstić information content (AvgIpc) is 2.28. The van der Waals surface area contributed by atoms with E-state index < -0.39 is 10.0 Å². The molecule has 1 unspecified atom stereocenters. The number of allylic oxidation sites excluding steroid dienone is 2. The van der Waals surface area contributed by atoms with Gasteiger partial charge in [-0.15, -0.1) is 0 Å². The van der Waals surface area contributed by atoms with Crippen LogP contribution in [0.15, 0.2) is 35.2 Å². The SMILES string of the molecule is Cc1cccc(NS(=O)(=O)C2=CC(Br)CCC2)c1. The maximum atomic E-state index is 12.2. The fourth-order valence-corrected chi connectivity index (χ4v) is 4.14. The molecule has 5 heteroatoms. The number of aryl methyl sites for hydroxylation is 1. The summed E-state index contributed by atoms with van der Waals surface area (Å²) in [4.78, 5) is 0.646. The van der Waals surface area contributed by atoms with Crippen molar-refractivity contribution in [2.24, 2.45) is 0 Å². The average molecular weight is 330 g/mol. The smallest absolute Gasteiger partial charge is 0.257 e. The summed E-state index contributed by atoms with van der Waals surface area (Å²) in [5, 5.41) is 0. The van der Waals surface area contributed by atoms with Gasteiger partial charge in [-0.2, -0.15) is 0 Å². The number of rotatable bonds is 3. The monoisotopic (exact) mass is 329 g/mol. The van der Waals surface area contributed by atoms with Crippen molar-refractivity contribution >= 4 is 31.6 Å². The first kappa shape index (κ1) is 13.6. The van der Waals surface area contributed by atoms with Crippen molar-refractivity contribution in [2.45, 2.75) is 31.0 Å². The van der Waals surface area contributed by atoms with Gasteiger partial charge in [-0.1, -0.05) is 34.1 Å². The van der Waals surface area contributed by atoms with E-state index in [0.717, 1.165) is 18.4 Å². The minimum absolute atomic E-state index is 0.162. The fraction of sp³-hybridized carbons (Fsp3) is 0.385. The van der Waals surface area contributed by atoms with Crippen molar-refractivity contribution in [1.82, 2.24) is 0 Å². The third kappa shape index (κ3) is 3.36. The van der Waals surface area contributed by atoms with E-state index in [0.29, 0.717) is 17.0 Å². The second-order valence-corrected chi connectivity index (χ2v) is 7.43. The molecule has 98 valence electrons. The van der Waals surface area contributed by atoms with E-state index in [2.05, 4.69) is 20.7 Å². The minimum atomic E-state index is -3.40. The van der Waals surface area contributed by atoms with Gasteiger partial charge in [-0.3, -0.25) is 4.72 Å². The van der Waals surface area contributed by atoms with Crippen molar-refractivity contribution in [1.29, 1.82) is 0 Å². The molecule has 2 rings (SSSR count). The Morgan fingerprint density at radius 2 is 2.17 bits per heavy atom. The molecule has 0 fully saturated rings. The lowest BCUT2D eigenvalue weighted by atomic mass is 10.1. The van der Waals surface area contributed by atoms with Crippen LogP contribution in [0.4, 0.5) is 5.69 Å². The summed E-state index contributed by atoms with van der Waals surface area (Å²) >= 11 is 3.45. The molecule has 1 N–H and O–H groups in total. The molecule has 0 heterocycles. The Bertz CT molecular complexity index is 566. The highest BCUT2D eigenvalue weighted by molar-refractivity contribution is 9.09. The number of halogens is 1. The third-order valence-electron chi connectivity index (χ3n) is 2.89. The Morgan fingerprint density at radius 1 is 1.39 bits per heavy atom. The Kier molecular flexibility index (Phi) is 4.12. The van der Waals surface area contributed by atoms with Gasteiger partial charge in [-0.25, -0.2) is 8.42 Å². The molecule has 0 aliphatic heterocycles. The standard InChI is InChI=1S/C13H16BrNO2S/c1-10-4-2-6-12(8-10)15-18(16,17)13-7-3-5-11(14)9-13/h2,4,6,8-9,11,15H,3,5,7H2,1H3. The van der Waals surface area contributed by atoms with Crippen molar-refractivity contribution < 1.29 is 8.42 Å². The van der Waals surface area contributed by atoms with Gasteiger partial charge in [0.2, 0.25) is 0 Å². The Balaban J connectivity index is 2.22. The maximum absolute atomic E-state index is 12.2. The molecule has 0 radical (unpaired) electrons. The molecule has 1 aromatic carbocycles. The fourth-order valence-electron chi connectivity index (χ4n) is 1.99. The van der Waals surface area contributed by atoms with E-state index in [1.165, 1.54) is 0 Å². The predicted octanol–water partition coefficient (Wildman–Crippen LogP) is 3.57. The van der Waals surface area contributed by atoms with E-state index in [1.807, 2.05) is 25.1 Å². The largest absolute Gasteiger partial charge is 0.280 e. The van der Waals surface area contributed by atoms with Gasteiger partial charge in [0.05, 0.1) is 4.91 Å². The number of nitrogens with one attached hydrogen (secondary N) is 1. The van der Waals surface area contributed by atoms with E-state index in [4.69, 9.17) is 0 Å². The highest BCUT2D eigenvalue weighted by Gasteiger charge is 2.22. The van der Waals surface area contributed by atoms with E-state index in [1.54, 1.807) is 12.1 Å². The third-order valence-corrected chi connectivity index (χ3v) is 5.14. The van der Waals surface area contributed by atoms with Crippen molar-refractivity contribution in [2.75, 3.05) is 4.72 Å². The van der Waals surface area contributed by atoms with E-state index >= 15 is 0 Å². The molecule has 3 nitrogen and oxygen atoms in total. The molecular formula is C13H16BrNO2S. The second kappa shape index (κ2) is 5.45. The van der Waals surface area contributed by atoms with Crippen LogP contribution in [0, 0.1) is 6.92 Å². The number of anilines is 1. The minimum Gasteiger partial charge on any atom is -0.280 e. The van der Waals surface area contributed by atoms with Gasteiger partial charge in [0.25, 0.3) is 10.0 Å². The van der Waals surface area contributed by atoms with Crippen LogP contribution in [-0.2, 0) is 10.0 Å². The molecule has 0 saturated heterocycles. The van der Waals surface area contributed by atoms with Crippen LogP contribution in [-0.4, -0.2) is 13.2 Å². The van der Waals surface area contributed by atoms with E-state index in [-0.39, 0.29) is 4.83 Å². The summed E-state index contributed by atoms with van der Waals surface area (Å²) in [6.45, 7) is 1.94. The molecular weight excluding hydrogens is 314 g/mol. The van der Waals surface area contributed by atoms with Gasteiger partial charge >= 0.3 is 0 Å². The van der Waals surface area contributed by atoms with E-state index in [9.17, 15) is 8.42 Å². The highest BCUT2D eigenvalue weighted by Crippen LogP contribution is 2.27. The van der Waals surface area contributed by atoms with Crippen molar-refractivity contribution in [3.63, 3.8) is 0 Å². The molecule has 1 aromatic rings. The van der Waals surface area contributed by atoms with Crippen LogP contribution in [0.3, 0.4) is 0 Å². The second-order valence-electron chi connectivity index (χ2n) is 4.52. The number of hydrogen-bond donors (Lipinski definition) is 1. The quantitative estimate of drug-likeness (QED) is 0.861. The number of alkyl halides is 1. The van der Waals surface area contributed by atoms with Crippen LogP contribution in [0.1, 0.15) is 24.8 Å². The molecule has 0 saturated carbocycles. The van der Waals surface area contributed by atoms with Crippen molar-refractivity contribution in [3.05, 3.63) is 40.8 Å². The number of sulfonamides is 1. The Labute approximate surface area is 116 Å². The Hall–Kier alpha value is -0.810. The lowest BCUT2D eigenvalue weighted by Crippen LogP contribution is -2.18. The molecule has 1 atom stereocenters. The topological polar surface area (TPSA) is 46.2 Å². The zero-order valence-electron chi connectivity index (χ0n) is 10.2. The highest BCUT2D eigenvalue weighted by atomic mass is 79.9. The molecule has 0 bridgehead atoms. The predicted molar refractivity (Wildman–Crippen MR) is 78.4 cm³/mol. The molecule has 0 aromatic heterocycles.